The summed E-state index contributed by atoms with van der Waals surface area (Å²) >= 11 is 0. The second-order valence-electron chi connectivity index (χ2n) is 5.70. The standard InChI is InChI=1S/C21H18N2/c1-2-6-16(7-3-1)17-10-12-18(13-11-17)19-14-15-22-20-8-4-5-9-21(20)23-19/h1-13,22H,14-15H2. The Hall–Kier alpha value is -2.87. The van der Waals surface area contributed by atoms with Crippen molar-refractivity contribution >= 4 is 17.1 Å². The minimum absolute atomic E-state index is 0.913. The molecule has 2 nitrogen and oxygen atoms in total. The molecule has 0 atom stereocenters. The molecule has 112 valence electrons. The third kappa shape index (κ3) is 2.88. The molecule has 0 radical (unpaired) electrons. The molecule has 0 aromatic heterocycles. The fourth-order valence-electron chi connectivity index (χ4n) is 2.93. The molecule has 3 aromatic rings. The zero-order valence-electron chi connectivity index (χ0n) is 12.9. The Morgan fingerprint density at radius 3 is 2.13 bits per heavy atom. The van der Waals surface area contributed by atoms with Gasteiger partial charge in [-0.15, -0.1) is 0 Å². The van der Waals surface area contributed by atoms with E-state index in [0.29, 0.717) is 0 Å². The second-order valence-corrected chi connectivity index (χ2v) is 5.70. The largest absolute Gasteiger partial charge is 0.383 e. The third-order valence-corrected chi connectivity index (χ3v) is 4.16. The van der Waals surface area contributed by atoms with Crippen LogP contribution in [0.4, 0.5) is 11.4 Å². The molecule has 23 heavy (non-hydrogen) atoms. The van der Waals surface area contributed by atoms with Gasteiger partial charge in [-0.2, -0.15) is 0 Å². The quantitative estimate of drug-likeness (QED) is 0.683. The van der Waals surface area contributed by atoms with E-state index in [2.05, 4.69) is 66.0 Å². The van der Waals surface area contributed by atoms with Gasteiger partial charge in [0.1, 0.15) is 0 Å². The summed E-state index contributed by atoms with van der Waals surface area (Å²) in [6, 6.07) is 27.4. The normalized spacial score (nSPS) is 13.5. The zero-order valence-corrected chi connectivity index (χ0v) is 12.9. The summed E-state index contributed by atoms with van der Waals surface area (Å²) in [6.07, 6.45) is 0.930. The molecule has 3 aromatic carbocycles. The lowest BCUT2D eigenvalue weighted by molar-refractivity contribution is 1.12. The van der Waals surface area contributed by atoms with Crippen molar-refractivity contribution < 1.29 is 0 Å². The van der Waals surface area contributed by atoms with Crippen molar-refractivity contribution in [1.82, 2.24) is 0 Å². The van der Waals surface area contributed by atoms with Crippen LogP contribution < -0.4 is 5.32 Å². The fraction of sp³-hybridized carbons (Fsp3) is 0.0952. The lowest BCUT2D eigenvalue weighted by Gasteiger charge is -2.06. The van der Waals surface area contributed by atoms with Crippen LogP contribution in [0.3, 0.4) is 0 Å². The molecule has 1 aliphatic heterocycles. The first-order valence-corrected chi connectivity index (χ1v) is 7.96. The number of anilines is 1. The van der Waals surface area contributed by atoms with E-state index in [9.17, 15) is 0 Å². The number of hydrogen-bond acceptors (Lipinski definition) is 2. The van der Waals surface area contributed by atoms with E-state index in [0.717, 1.165) is 30.1 Å². The Morgan fingerprint density at radius 2 is 1.30 bits per heavy atom. The van der Waals surface area contributed by atoms with Crippen LogP contribution in [0.15, 0.2) is 83.9 Å². The Bertz CT molecular complexity index is 833. The van der Waals surface area contributed by atoms with Crippen LogP contribution in [0.2, 0.25) is 0 Å². The van der Waals surface area contributed by atoms with Crippen molar-refractivity contribution in [3.05, 3.63) is 84.4 Å². The molecule has 0 saturated heterocycles. The predicted octanol–water partition coefficient (Wildman–Crippen LogP) is 5.29. The molecule has 0 spiro atoms. The molecule has 1 N–H and O–H groups in total. The lowest BCUT2D eigenvalue weighted by Crippen LogP contribution is -2.06. The first kappa shape index (κ1) is 13.8. The number of para-hydroxylation sites is 2. The summed E-state index contributed by atoms with van der Waals surface area (Å²) in [4.78, 5) is 4.87. The van der Waals surface area contributed by atoms with Gasteiger partial charge in [0, 0.05) is 13.0 Å². The highest BCUT2D eigenvalue weighted by Gasteiger charge is 2.10. The zero-order chi connectivity index (χ0) is 15.5. The van der Waals surface area contributed by atoms with Gasteiger partial charge in [-0.25, -0.2) is 0 Å². The van der Waals surface area contributed by atoms with Crippen molar-refractivity contribution in [2.75, 3.05) is 11.9 Å². The maximum absolute atomic E-state index is 4.87. The summed E-state index contributed by atoms with van der Waals surface area (Å²) in [5.74, 6) is 0. The Labute approximate surface area is 136 Å². The lowest BCUT2D eigenvalue weighted by atomic mass is 10.0. The second kappa shape index (κ2) is 6.09. The molecule has 1 aliphatic rings. The van der Waals surface area contributed by atoms with Gasteiger partial charge in [0.25, 0.3) is 0 Å². The van der Waals surface area contributed by atoms with Crippen LogP contribution in [0.5, 0.6) is 0 Å². The van der Waals surface area contributed by atoms with E-state index >= 15 is 0 Å². The molecular weight excluding hydrogens is 280 g/mol. The van der Waals surface area contributed by atoms with E-state index < -0.39 is 0 Å². The fourth-order valence-corrected chi connectivity index (χ4v) is 2.93. The molecule has 4 rings (SSSR count). The summed E-state index contributed by atoms with van der Waals surface area (Å²) < 4.78 is 0. The number of aliphatic imine (C=N–C) groups is 1. The van der Waals surface area contributed by atoms with Gasteiger partial charge in [-0.3, -0.25) is 4.99 Å². The van der Waals surface area contributed by atoms with E-state index in [1.807, 2.05) is 18.2 Å². The van der Waals surface area contributed by atoms with Gasteiger partial charge in [0.2, 0.25) is 0 Å². The molecule has 0 aliphatic carbocycles. The van der Waals surface area contributed by atoms with Crippen LogP contribution in [-0.4, -0.2) is 12.3 Å². The number of hydrogen-bond donors (Lipinski definition) is 1. The van der Waals surface area contributed by atoms with Crippen molar-refractivity contribution in [2.45, 2.75) is 6.42 Å². The van der Waals surface area contributed by atoms with Crippen molar-refractivity contribution in [2.24, 2.45) is 4.99 Å². The molecule has 0 fully saturated rings. The summed E-state index contributed by atoms with van der Waals surface area (Å²) in [5.41, 5.74) is 6.96. The molecule has 0 bridgehead atoms. The topological polar surface area (TPSA) is 24.4 Å². The number of rotatable bonds is 2. The minimum Gasteiger partial charge on any atom is -0.383 e. The van der Waals surface area contributed by atoms with E-state index in [-0.39, 0.29) is 0 Å². The van der Waals surface area contributed by atoms with Gasteiger partial charge in [0.15, 0.2) is 0 Å². The molecular formula is C21H18N2. The number of nitrogens with one attached hydrogen (secondary N) is 1. The third-order valence-electron chi connectivity index (χ3n) is 4.16. The van der Waals surface area contributed by atoms with Crippen LogP contribution in [-0.2, 0) is 0 Å². The number of benzene rings is 3. The van der Waals surface area contributed by atoms with Crippen molar-refractivity contribution in [1.29, 1.82) is 0 Å². The monoisotopic (exact) mass is 298 g/mol. The Balaban J connectivity index is 1.67. The van der Waals surface area contributed by atoms with Crippen LogP contribution in [0, 0.1) is 0 Å². The van der Waals surface area contributed by atoms with Crippen LogP contribution >= 0.6 is 0 Å². The van der Waals surface area contributed by atoms with Gasteiger partial charge in [0.05, 0.1) is 17.1 Å². The molecule has 2 heteroatoms. The van der Waals surface area contributed by atoms with Crippen LogP contribution in [0.25, 0.3) is 11.1 Å². The highest BCUT2D eigenvalue weighted by Crippen LogP contribution is 2.28. The van der Waals surface area contributed by atoms with Crippen molar-refractivity contribution in [3.63, 3.8) is 0 Å². The summed E-state index contributed by atoms with van der Waals surface area (Å²) in [5, 5.41) is 3.45. The highest BCUT2D eigenvalue weighted by molar-refractivity contribution is 6.03. The highest BCUT2D eigenvalue weighted by atomic mass is 14.9. The molecule has 0 unspecified atom stereocenters. The van der Waals surface area contributed by atoms with E-state index in [4.69, 9.17) is 4.99 Å². The van der Waals surface area contributed by atoms with E-state index in [1.165, 1.54) is 16.7 Å². The minimum atomic E-state index is 0.913. The smallest absolute Gasteiger partial charge is 0.0864 e. The Kier molecular flexibility index (Phi) is 3.65. The molecule has 1 heterocycles. The van der Waals surface area contributed by atoms with Gasteiger partial charge in [-0.1, -0.05) is 66.7 Å². The van der Waals surface area contributed by atoms with E-state index in [1.54, 1.807) is 0 Å². The maximum atomic E-state index is 4.87. The van der Waals surface area contributed by atoms with Crippen molar-refractivity contribution in [3.8, 4) is 11.1 Å². The van der Waals surface area contributed by atoms with Gasteiger partial charge in [-0.05, 0) is 28.8 Å². The van der Waals surface area contributed by atoms with Crippen LogP contribution in [0.1, 0.15) is 12.0 Å². The van der Waals surface area contributed by atoms with Gasteiger partial charge >= 0.3 is 0 Å². The summed E-state index contributed by atoms with van der Waals surface area (Å²) in [7, 11) is 0. The first-order valence-electron chi connectivity index (χ1n) is 7.96. The average molecular weight is 298 g/mol. The average Bonchev–Trinajstić information content (AvgIpc) is 2.85. The molecule has 0 saturated carbocycles. The Morgan fingerprint density at radius 1 is 0.652 bits per heavy atom. The first-order chi connectivity index (χ1) is 11.4. The number of fused-ring (bicyclic) bond motifs is 1. The predicted molar refractivity (Wildman–Crippen MR) is 97.6 cm³/mol. The molecule has 0 amide bonds. The maximum Gasteiger partial charge on any atom is 0.0864 e. The number of nitrogens with zero attached hydrogens (tertiary/aromatic N) is 1. The SMILES string of the molecule is c1ccc(-c2ccc(C3=Nc4ccccc4NCC3)cc2)cc1. The summed E-state index contributed by atoms with van der Waals surface area (Å²) in [6.45, 7) is 0.913. The van der Waals surface area contributed by atoms with Gasteiger partial charge < -0.3 is 5.32 Å².